The summed E-state index contributed by atoms with van der Waals surface area (Å²) in [6.07, 6.45) is 5.60. The van der Waals surface area contributed by atoms with Gasteiger partial charge in [-0.25, -0.2) is 4.98 Å². The first-order valence-corrected chi connectivity index (χ1v) is 7.27. The topological polar surface area (TPSA) is 102 Å². The summed E-state index contributed by atoms with van der Waals surface area (Å²) in [6, 6.07) is -0.345. The molecule has 118 valence electrons. The Bertz CT molecular complexity index is 884. The molecule has 1 aliphatic heterocycles. The van der Waals surface area contributed by atoms with E-state index in [4.69, 9.17) is 4.52 Å². The lowest BCUT2D eigenvalue weighted by molar-refractivity contribution is -0.117. The Morgan fingerprint density at radius 1 is 1.39 bits per heavy atom. The first kappa shape index (κ1) is 13.7. The maximum absolute atomic E-state index is 12.6. The monoisotopic (exact) mass is 313 g/mol. The summed E-state index contributed by atoms with van der Waals surface area (Å²) in [5.74, 6) is 0.569. The summed E-state index contributed by atoms with van der Waals surface area (Å²) in [5.41, 5.74) is 1.91. The highest BCUT2D eigenvalue weighted by atomic mass is 16.5. The van der Waals surface area contributed by atoms with Crippen molar-refractivity contribution in [1.29, 1.82) is 0 Å². The average Bonchev–Trinajstić information content (AvgIpc) is 3.21. The Labute approximate surface area is 131 Å². The van der Waals surface area contributed by atoms with Gasteiger partial charge in [0, 0.05) is 19.8 Å². The molecule has 0 radical (unpaired) electrons. The second kappa shape index (κ2) is 5.04. The minimum absolute atomic E-state index is 0.00105. The molecule has 1 unspecified atom stereocenters. The number of aryl methyl sites for hydroxylation is 2. The SMILES string of the molecule is Cc1noc2ncnc(NC3CCN(c4cnn(C)c4)C3=O)c12. The summed E-state index contributed by atoms with van der Waals surface area (Å²) >= 11 is 0. The fourth-order valence-corrected chi connectivity index (χ4v) is 2.81. The molecule has 1 N–H and O–H groups in total. The summed E-state index contributed by atoms with van der Waals surface area (Å²) in [4.78, 5) is 22.6. The number of amides is 1. The van der Waals surface area contributed by atoms with Gasteiger partial charge in [-0.1, -0.05) is 5.16 Å². The van der Waals surface area contributed by atoms with Gasteiger partial charge in [0.05, 0.1) is 17.6 Å². The molecule has 9 nitrogen and oxygen atoms in total. The van der Waals surface area contributed by atoms with Crippen LogP contribution in [0.4, 0.5) is 11.5 Å². The lowest BCUT2D eigenvalue weighted by Crippen LogP contribution is -2.33. The van der Waals surface area contributed by atoms with E-state index >= 15 is 0 Å². The number of nitrogens with zero attached hydrogens (tertiary/aromatic N) is 6. The Hall–Kier alpha value is -2.97. The fraction of sp³-hybridized carbons (Fsp3) is 0.357. The van der Waals surface area contributed by atoms with Crippen LogP contribution >= 0.6 is 0 Å². The molecule has 1 saturated heterocycles. The smallest absolute Gasteiger partial charge is 0.263 e. The fourth-order valence-electron chi connectivity index (χ4n) is 2.81. The van der Waals surface area contributed by atoms with Gasteiger partial charge in [-0.3, -0.25) is 9.48 Å². The van der Waals surface area contributed by atoms with Crippen LogP contribution in [-0.2, 0) is 11.8 Å². The summed E-state index contributed by atoms with van der Waals surface area (Å²) < 4.78 is 6.80. The van der Waals surface area contributed by atoms with Gasteiger partial charge in [-0.2, -0.15) is 10.1 Å². The van der Waals surface area contributed by atoms with Crippen LogP contribution in [0, 0.1) is 6.92 Å². The van der Waals surface area contributed by atoms with Crippen molar-refractivity contribution in [2.24, 2.45) is 7.05 Å². The van der Waals surface area contributed by atoms with Crippen LogP contribution in [0.1, 0.15) is 12.1 Å². The van der Waals surface area contributed by atoms with Crippen LogP contribution in [-0.4, -0.2) is 43.4 Å². The lowest BCUT2D eigenvalue weighted by Gasteiger charge is -2.15. The van der Waals surface area contributed by atoms with E-state index in [1.807, 2.05) is 20.2 Å². The third-order valence-corrected chi connectivity index (χ3v) is 3.96. The molecule has 0 bridgehead atoms. The van der Waals surface area contributed by atoms with Crippen molar-refractivity contribution in [3.05, 3.63) is 24.4 Å². The largest absolute Gasteiger partial charge is 0.358 e. The maximum Gasteiger partial charge on any atom is 0.263 e. The molecule has 23 heavy (non-hydrogen) atoms. The van der Waals surface area contributed by atoms with Crippen LogP contribution < -0.4 is 10.2 Å². The normalized spacial score (nSPS) is 18.1. The van der Waals surface area contributed by atoms with Crippen molar-refractivity contribution >= 4 is 28.5 Å². The number of hydrogen-bond donors (Lipinski definition) is 1. The maximum atomic E-state index is 12.6. The number of carbonyl (C=O) groups excluding carboxylic acids is 1. The molecular formula is C14H15N7O2. The minimum atomic E-state index is -0.345. The van der Waals surface area contributed by atoms with Gasteiger partial charge in [0.2, 0.25) is 5.91 Å². The molecule has 3 aromatic heterocycles. The van der Waals surface area contributed by atoms with E-state index in [0.29, 0.717) is 35.6 Å². The van der Waals surface area contributed by atoms with E-state index in [1.165, 1.54) is 6.33 Å². The van der Waals surface area contributed by atoms with Gasteiger partial charge in [0.25, 0.3) is 5.71 Å². The summed E-state index contributed by atoms with van der Waals surface area (Å²) in [6.45, 7) is 2.46. The van der Waals surface area contributed by atoms with E-state index in [9.17, 15) is 4.79 Å². The Morgan fingerprint density at radius 3 is 3.04 bits per heavy atom. The third kappa shape index (κ3) is 2.20. The zero-order valence-electron chi connectivity index (χ0n) is 12.7. The van der Waals surface area contributed by atoms with Gasteiger partial charge in [0.15, 0.2) is 0 Å². The van der Waals surface area contributed by atoms with Crippen LogP contribution in [0.3, 0.4) is 0 Å². The van der Waals surface area contributed by atoms with Crippen molar-refractivity contribution < 1.29 is 9.32 Å². The van der Waals surface area contributed by atoms with Crippen molar-refractivity contribution in [3.8, 4) is 0 Å². The summed E-state index contributed by atoms with van der Waals surface area (Å²) in [5, 5.41) is 11.9. The highest BCUT2D eigenvalue weighted by Crippen LogP contribution is 2.26. The van der Waals surface area contributed by atoms with Gasteiger partial charge < -0.3 is 14.7 Å². The van der Waals surface area contributed by atoms with Crippen LogP contribution in [0.25, 0.3) is 11.1 Å². The molecule has 0 aromatic carbocycles. The van der Waals surface area contributed by atoms with Crippen molar-refractivity contribution in [3.63, 3.8) is 0 Å². The Kier molecular flexibility index (Phi) is 3.00. The molecule has 4 heterocycles. The van der Waals surface area contributed by atoms with Crippen LogP contribution in [0.15, 0.2) is 23.2 Å². The number of anilines is 2. The average molecular weight is 313 g/mol. The standard InChI is InChI=1S/C14H15N7O2/c1-8-11-12(15-7-16-13(11)23-19-8)18-10-3-4-21(14(10)22)9-5-17-20(2)6-9/h5-7,10H,3-4H2,1-2H3,(H,15,16,18). The molecule has 9 heteroatoms. The van der Waals surface area contributed by atoms with E-state index in [2.05, 4.69) is 25.5 Å². The molecule has 3 aromatic rings. The number of nitrogens with one attached hydrogen (secondary N) is 1. The highest BCUT2D eigenvalue weighted by Gasteiger charge is 2.34. The van der Waals surface area contributed by atoms with E-state index in [-0.39, 0.29) is 11.9 Å². The number of fused-ring (bicyclic) bond motifs is 1. The molecule has 0 aliphatic carbocycles. The predicted octanol–water partition coefficient (Wildman–Crippen LogP) is 0.877. The second-order valence-electron chi connectivity index (χ2n) is 5.52. The first-order valence-electron chi connectivity index (χ1n) is 7.27. The molecular weight excluding hydrogens is 298 g/mol. The number of rotatable bonds is 3. The highest BCUT2D eigenvalue weighted by molar-refractivity contribution is 6.01. The van der Waals surface area contributed by atoms with Gasteiger partial charge >= 0.3 is 0 Å². The number of hydrogen-bond acceptors (Lipinski definition) is 7. The molecule has 1 fully saturated rings. The van der Waals surface area contributed by atoms with Crippen molar-refractivity contribution in [2.45, 2.75) is 19.4 Å². The third-order valence-electron chi connectivity index (χ3n) is 3.96. The van der Waals surface area contributed by atoms with Crippen molar-refractivity contribution in [1.82, 2.24) is 24.9 Å². The van der Waals surface area contributed by atoms with E-state index < -0.39 is 0 Å². The van der Waals surface area contributed by atoms with Gasteiger partial charge in [-0.15, -0.1) is 0 Å². The lowest BCUT2D eigenvalue weighted by atomic mass is 10.2. The molecule has 1 aliphatic rings. The zero-order valence-corrected chi connectivity index (χ0v) is 12.7. The molecule has 4 rings (SSSR count). The molecule has 1 amide bonds. The van der Waals surface area contributed by atoms with E-state index in [1.54, 1.807) is 15.8 Å². The summed E-state index contributed by atoms with van der Waals surface area (Å²) in [7, 11) is 1.83. The number of carbonyl (C=O) groups is 1. The Morgan fingerprint density at radius 2 is 2.26 bits per heavy atom. The Balaban J connectivity index is 1.60. The quantitative estimate of drug-likeness (QED) is 0.765. The number of aromatic nitrogens is 5. The van der Waals surface area contributed by atoms with Crippen LogP contribution in [0.2, 0.25) is 0 Å². The van der Waals surface area contributed by atoms with E-state index in [0.717, 1.165) is 5.69 Å². The second-order valence-corrected chi connectivity index (χ2v) is 5.52. The predicted molar refractivity (Wildman–Crippen MR) is 81.9 cm³/mol. The molecule has 1 atom stereocenters. The molecule has 0 spiro atoms. The van der Waals surface area contributed by atoms with Crippen molar-refractivity contribution in [2.75, 3.05) is 16.8 Å². The molecule has 0 saturated carbocycles. The van der Waals surface area contributed by atoms with Gasteiger partial charge in [-0.05, 0) is 13.3 Å². The first-order chi connectivity index (χ1) is 11.1. The minimum Gasteiger partial charge on any atom is -0.358 e. The van der Waals surface area contributed by atoms with Crippen LogP contribution in [0.5, 0.6) is 0 Å². The zero-order chi connectivity index (χ0) is 16.0. The van der Waals surface area contributed by atoms with Gasteiger partial charge in [0.1, 0.15) is 23.6 Å².